The number of carbonyl (C=O) groups is 1. The molecule has 3 fully saturated rings. The average molecular weight is 524 g/mol. The Kier molecular flexibility index (Phi) is 7.04. The number of anilines is 2. The van der Waals surface area contributed by atoms with Gasteiger partial charge in [-0.3, -0.25) is 4.79 Å². The van der Waals surface area contributed by atoms with Crippen molar-refractivity contribution in [1.82, 2.24) is 15.3 Å². The summed E-state index contributed by atoms with van der Waals surface area (Å²) in [4.78, 5) is 25.0. The third kappa shape index (κ3) is 5.19. The van der Waals surface area contributed by atoms with Gasteiger partial charge in [-0.2, -0.15) is 16.7 Å². The molecule has 0 saturated carbocycles. The summed E-state index contributed by atoms with van der Waals surface area (Å²) >= 11 is 3.67. The number of nitrogens with one attached hydrogen (secondary N) is 2. The molecule has 3 aliphatic heterocycles. The van der Waals surface area contributed by atoms with E-state index in [0.717, 1.165) is 79.8 Å². The summed E-state index contributed by atoms with van der Waals surface area (Å²) in [6, 6.07) is 10.4. The standard InChI is InChI=1S/C27H33N5O2S2/c33-25(28-15-19-4-2-1-3-5-19)20-6-10-32(11-7-20)24-22-16-36-17-23(22)30-26(31-24)29-21-8-12-34-27(14-21)9-13-35-18-27/h1-5,16-17,20-21H,6-15,18H2,(H,28,33)(H,29,30). The van der Waals surface area contributed by atoms with Gasteiger partial charge in [0.15, 0.2) is 0 Å². The Morgan fingerprint density at radius 2 is 2.00 bits per heavy atom. The van der Waals surface area contributed by atoms with E-state index in [1.54, 1.807) is 11.3 Å². The van der Waals surface area contributed by atoms with Crippen LogP contribution in [0.4, 0.5) is 11.8 Å². The Balaban J connectivity index is 1.11. The minimum atomic E-state index is 0.0266. The van der Waals surface area contributed by atoms with E-state index in [1.165, 1.54) is 5.75 Å². The van der Waals surface area contributed by atoms with Crippen molar-refractivity contribution in [3.8, 4) is 0 Å². The monoisotopic (exact) mass is 523 g/mol. The number of amides is 1. The summed E-state index contributed by atoms with van der Waals surface area (Å²) in [6.07, 6.45) is 4.80. The number of carbonyl (C=O) groups excluding carboxylic acids is 1. The molecule has 0 bridgehead atoms. The van der Waals surface area contributed by atoms with Crippen LogP contribution in [0, 0.1) is 5.92 Å². The zero-order valence-corrected chi connectivity index (χ0v) is 22.1. The Labute approximate surface area is 220 Å². The fourth-order valence-electron chi connectivity index (χ4n) is 5.63. The zero-order valence-electron chi connectivity index (χ0n) is 20.4. The highest BCUT2D eigenvalue weighted by Crippen LogP contribution is 2.39. The second kappa shape index (κ2) is 10.6. The van der Waals surface area contributed by atoms with Crippen molar-refractivity contribution in [2.75, 3.05) is 41.4 Å². The second-order valence-corrected chi connectivity index (χ2v) is 12.0. The molecule has 36 heavy (non-hydrogen) atoms. The number of fused-ring (bicyclic) bond motifs is 1. The quantitative estimate of drug-likeness (QED) is 0.485. The number of hydrogen-bond donors (Lipinski definition) is 2. The van der Waals surface area contributed by atoms with E-state index >= 15 is 0 Å². The number of piperidine rings is 1. The maximum atomic E-state index is 12.8. The average Bonchev–Trinajstić information content (AvgIpc) is 3.57. The van der Waals surface area contributed by atoms with E-state index in [9.17, 15) is 4.79 Å². The van der Waals surface area contributed by atoms with Crippen LogP contribution < -0.4 is 15.5 Å². The van der Waals surface area contributed by atoms with Crippen molar-refractivity contribution in [3.05, 3.63) is 46.7 Å². The number of aromatic nitrogens is 2. The van der Waals surface area contributed by atoms with Gasteiger partial charge in [0.05, 0.1) is 16.5 Å². The van der Waals surface area contributed by atoms with Gasteiger partial charge in [0.25, 0.3) is 0 Å². The third-order valence-corrected chi connectivity index (χ3v) is 9.64. The molecular weight excluding hydrogens is 490 g/mol. The number of benzene rings is 1. The molecule has 0 radical (unpaired) electrons. The van der Waals surface area contributed by atoms with E-state index in [0.29, 0.717) is 18.5 Å². The Hall–Kier alpha value is -2.36. The van der Waals surface area contributed by atoms with E-state index in [1.807, 2.05) is 42.1 Å². The lowest BCUT2D eigenvalue weighted by atomic mass is 9.90. The van der Waals surface area contributed by atoms with Crippen molar-refractivity contribution in [1.29, 1.82) is 0 Å². The first-order valence-electron chi connectivity index (χ1n) is 13.0. The first kappa shape index (κ1) is 24.0. The molecule has 1 amide bonds. The molecule has 2 aromatic heterocycles. The molecule has 3 aromatic rings. The predicted octanol–water partition coefficient (Wildman–Crippen LogP) is 4.69. The fraction of sp³-hybridized carbons (Fsp3) is 0.519. The molecule has 9 heteroatoms. The SMILES string of the molecule is O=C(NCc1ccccc1)C1CCN(c2nc(NC3CCOC4(CCSC4)C3)nc3cscc23)CC1. The van der Waals surface area contributed by atoms with E-state index in [2.05, 4.69) is 26.3 Å². The van der Waals surface area contributed by atoms with Crippen molar-refractivity contribution in [2.45, 2.75) is 50.3 Å². The first-order chi connectivity index (χ1) is 17.7. The maximum absolute atomic E-state index is 12.8. The summed E-state index contributed by atoms with van der Waals surface area (Å²) in [5, 5.41) is 12.1. The lowest BCUT2D eigenvalue weighted by Gasteiger charge is -2.38. The van der Waals surface area contributed by atoms with E-state index in [4.69, 9.17) is 14.7 Å². The molecule has 1 aromatic carbocycles. The van der Waals surface area contributed by atoms with Gasteiger partial charge in [-0.25, -0.2) is 4.98 Å². The number of ether oxygens (including phenoxy) is 1. The molecule has 6 rings (SSSR count). The minimum absolute atomic E-state index is 0.0266. The van der Waals surface area contributed by atoms with Crippen LogP contribution in [0.3, 0.4) is 0 Å². The Morgan fingerprint density at radius 3 is 2.81 bits per heavy atom. The van der Waals surface area contributed by atoms with Crippen molar-refractivity contribution in [3.63, 3.8) is 0 Å². The maximum Gasteiger partial charge on any atom is 0.225 e. The van der Waals surface area contributed by atoms with Crippen LogP contribution in [0.1, 0.15) is 37.7 Å². The zero-order chi connectivity index (χ0) is 24.4. The molecule has 7 nitrogen and oxygen atoms in total. The summed E-state index contributed by atoms with van der Waals surface area (Å²) in [7, 11) is 0. The number of thiophene rings is 1. The highest BCUT2D eigenvalue weighted by Gasteiger charge is 2.40. The normalized spacial score (nSPS) is 24.9. The predicted molar refractivity (Wildman–Crippen MR) is 148 cm³/mol. The van der Waals surface area contributed by atoms with Gasteiger partial charge in [-0.15, -0.1) is 11.3 Å². The van der Waals surface area contributed by atoms with Gasteiger partial charge in [0.1, 0.15) is 5.82 Å². The van der Waals surface area contributed by atoms with Crippen molar-refractivity contribution in [2.24, 2.45) is 5.92 Å². The van der Waals surface area contributed by atoms with E-state index in [-0.39, 0.29) is 17.4 Å². The topological polar surface area (TPSA) is 79.4 Å². The van der Waals surface area contributed by atoms with Crippen molar-refractivity contribution < 1.29 is 9.53 Å². The van der Waals surface area contributed by atoms with Gasteiger partial charge < -0.3 is 20.3 Å². The van der Waals surface area contributed by atoms with E-state index < -0.39 is 0 Å². The molecule has 3 aliphatic rings. The smallest absolute Gasteiger partial charge is 0.225 e. The molecule has 2 N–H and O–H groups in total. The summed E-state index contributed by atoms with van der Waals surface area (Å²) < 4.78 is 6.20. The highest BCUT2D eigenvalue weighted by atomic mass is 32.2. The van der Waals surface area contributed by atoms with Gasteiger partial charge in [0.2, 0.25) is 11.9 Å². The Bertz CT molecular complexity index is 1190. The van der Waals surface area contributed by atoms with Gasteiger partial charge in [-0.05, 0) is 43.4 Å². The molecule has 0 aliphatic carbocycles. The largest absolute Gasteiger partial charge is 0.374 e. The van der Waals surface area contributed by atoms with Crippen LogP contribution in [0.25, 0.3) is 10.9 Å². The van der Waals surface area contributed by atoms with Gasteiger partial charge in [-0.1, -0.05) is 30.3 Å². The van der Waals surface area contributed by atoms with Crippen LogP contribution in [-0.4, -0.2) is 58.7 Å². The number of nitrogens with zero attached hydrogens (tertiary/aromatic N) is 3. The van der Waals surface area contributed by atoms with Crippen LogP contribution in [-0.2, 0) is 16.1 Å². The lowest BCUT2D eigenvalue weighted by molar-refractivity contribution is -0.125. The number of rotatable bonds is 6. The molecule has 1 spiro atoms. The number of thioether (sulfide) groups is 1. The molecule has 2 unspecified atom stereocenters. The summed E-state index contributed by atoms with van der Waals surface area (Å²) in [6.45, 7) is 3.03. The summed E-state index contributed by atoms with van der Waals surface area (Å²) in [5.74, 6) is 4.19. The lowest BCUT2D eigenvalue weighted by Crippen LogP contribution is -2.44. The molecular formula is C27H33N5O2S2. The third-order valence-electron chi connectivity index (χ3n) is 7.69. The molecule has 2 atom stereocenters. The van der Waals surface area contributed by atoms with Crippen LogP contribution in [0.15, 0.2) is 41.1 Å². The summed E-state index contributed by atoms with van der Waals surface area (Å²) in [5.41, 5.74) is 2.15. The highest BCUT2D eigenvalue weighted by molar-refractivity contribution is 7.99. The Morgan fingerprint density at radius 1 is 1.14 bits per heavy atom. The van der Waals surface area contributed by atoms with Crippen LogP contribution in [0.5, 0.6) is 0 Å². The number of hydrogen-bond acceptors (Lipinski definition) is 8. The van der Waals surface area contributed by atoms with Gasteiger partial charge in [0, 0.05) is 54.7 Å². The molecule has 190 valence electrons. The van der Waals surface area contributed by atoms with Gasteiger partial charge >= 0.3 is 0 Å². The van der Waals surface area contributed by atoms with Crippen LogP contribution in [0.2, 0.25) is 0 Å². The molecule has 3 saturated heterocycles. The second-order valence-electron chi connectivity index (χ2n) is 10.2. The fourth-order valence-corrected chi connectivity index (χ4v) is 7.75. The molecule has 5 heterocycles. The first-order valence-corrected chi connectivity index (χ1v) is 15.1. The van der Waals surface area contributed by atoms with Crippen LogP contribution >= 0.6 is 23.1 Å². The van der Waals surface area contributed by atoms with Crippen molar-refractivity contribution >= 4 is 51.7 Å². The minimum Gasteiger partial charge on any atom is -0.374 e.